The lowest BCUT2D eigenvalue weighted by molar-refractivity contribution is 0.0771. The number of carbonyl (C=O) groups is 6. The van der Waals surface area contributed by atoms with E-state index in [-0.39, 0.29) is 53.6 Å². The number of fused-ring (bicyclic) bond motifs is 6. The minimum absolute atomic E-state index is 0.0139. The summed E-state index contributed by atoms with van der Waals surface area (Å²) in [4.78, 5) is 100. The van der Waals surface area contributed by atoms with Crippen LogP contribution >= 0.6 is 0 Å². The maximum Gasteiger partial charge on any atom is 0.256 e. The molecule has 0 bridgehead atoms. The Balaban J connectivity index is 0.735. The van der Waals surface area contributed by atoms with Crippen molar-refractivity contribution in [2.45, 2.75) is 91.5 Å². The number of nitrogens with one attached hydrogen (secondary N) is 5. The minimum Gasteiger partial charge on any atom is -0.368 e. The van der Waals surface area contributed by atoms with Crippen LogP contribution in [0.1, 0.15) is 192 Å². The van der Waals surface area contributed by atoms with Crippen LogP contribution < -0.4 is 41.3 Å². The first-order chi connectivity index (χ1) is 54.6. The van der Waals surface area contributed by atoms with E-state index in [1.54, 1.807) is 35.2 Å². The quantitative estimate of drug-likeness (QED) is 0.0603. The molecule has 572 valence electrons. The summed E-state index contributed by atoms with van der Waals surface area (Å²) in [6, 6.07) is 62.1. The van der Waals surface area contributed by atoms with Gasteiger partial charge in [0, 0.05) is 154 Å². The number of piperazine rings is 3. The van der Waals surface area contributed by atoms with Gasteiger partial charge in [-0.25, -0.2) is 0 Å². The number of hydrogen-bond acceptors (Lipinski definition) is 15. The molecule has 3 saturated heterocycles. The molecule has 15 rings (SSSR count). The molecule has 0 aromatic heterocycles. The predicted molar refractivity (Wildman–Crippen MR) is 442 cm³/mol. The summed E-state index contributed by atoms with van der Waals surface area (Å²) in [7, 11) is 0. The van der Waals surface area contributed by atoms with Crippen LogP contribution in [0.3, 0.4) is 0 Å². The average Bonchev–Trinajstić information content (AvgIpc) is 1.67. The third-order valence-corrected chi connectivity index (χ3v) is 23.0. The van der Waals surface area contributed by atoms with Crippen molar-refractivity contribution in [2.24, 2.45) is 5.92 Å². The van der Waals surface area contributed by atoms with Crippen molar-refractivity contribution in [1.82, 2.24) is 30.2 Å². The van der Waals surface area contributed by atoms with Crippen molar-refractivity contribution in [2.75, 3.05) is 122 Å². The van der Waals surface area contributed by atoms with Crippen molar-refractivity contribution >= 4 is 69.6 Å². The molecule has 0 aliphatic carbocycles. The highest BCUT2D eigenvalue weighted by molar-refractivity contribution is 6.11. The summed E-state index contributed by atoms with van der Waals surface area (Å²) in [5, 5.41) is 47.4. The molecule has 21 heteroatoms. The van der Waals surface area contributed by atoms with Crippen molar-refractivity contribution in [3.8, 4) is 40.5 Å². The molecule has 6 heterocycles. The first-order valence-electron chi connectivity index (χ1n) is 39.3. The lowest BCUT2D eigenvalue weighted by atomic mass is 9.88. The molecule has 6 aliphatic heterocycles. The second kappa shape index (κ2) is 31.7. The molecular weight excluding hydrogens is 1410 g/mol. The lowest BCUT2D eigenvalue weighted by Gasteiger charge is -2.41. The van der Waals surface area contributed by atoms with Gasteiger partial charge >= 0.3 is 0 Å². The maximum atomic E-state index is 15.5. The van der Waals surface area contributed by atoms with Crippen LogP contribution in [0.5, 0.6) is 0 Å². The normalized spacial score (nSPS) is 17.9. The summed E-state index contributed by atoms with van der Waals surface area (Å²) in [5.41, 5.74) is 16.3. The molecule has 0 saturated carbocycles. The van der Waals surface area contributed by atoms with Gasteiger partial charge in [0.25, 0.3) is 35.4 Å². The van der Waals surface area contributed by atoms with E-state index in [0.29, 0.717) is 159 Å². The summed E-state index contributed by atoms with van der Waals surface area (Å²) >= 11 is 0. The van der Waals surface area contributed by atoms with E-state index >= 15 is 4.79 Å². The largest absolute Gasteiger partial charge is 0.368 e. The van der Waals surface area contributed by atoms with Gasteiger partial charge in [-0.15, -0.1) is 0 Å². The van der Waals surface area contributed by atoms with E-state index in [0.717, 1.165) is 84.8 Å². The third kappa shape index (κ3) is 15.2. The smallest absolute Gasteiger partial charge is 0.256 e. The number of benzene rings is 9. The Morgan fingerprint density at radius 2 is 0.796 bits per heavy atom. The second-order valence-corrected chi connectivity index (χ2v) is 31.7. The van der Waals surface area contributed by atoms with Crippen LogP contribution in [0.4, 0.5) is 34.1 Å². The molecule has 0 radical (unpaired) electrons. The number of amides is 6. The Kier molecular flexibility index (Phi) is 21.3. The highest BCUT2D eigenvalue weighted by Crippen LogP contribution is 2.47. The monoisotopic (exact) mass is 1500 g/mol. The zero-order valence-electron chi connectivity index (χ0n) is 65.2. The number of rotatable bonds is 16. The fourth-order valence-corrected chi connectivity index (χ4v) is 17.5. The zero-order valence-corrected chi connectivity index (χ0v) is 65.2. The Hall–Kier alpha value is -12.5. The fourth-order valence-electron chi connectivity index (χ4n) is 17.5. The molecule has 9 aromatic carbocycles. The van der Waals surface area contributed by atoms with Gasteiger partial charge < -0.3 is 46.2 Å². The molecule has 5 N–H and O–H groups in total. The molecule has 4 atom stereocenters. The molecule has 9 aromatic rings. The summed E-state index contributed by atoms with van der Waals surface area (Å²) in [5.74, 6) is -0.933. The summed E-state index contributed by atoms with van der Waals surface area (Å²) < 4.78 is 0. The molecular formula is C92H93N15O6. The maximum absolute atomic E-state index is 15.5. The SMILES string of the molecule is CCN(CC)C(=O)c1ccc(N2CCN(C3c4ccccc4NC(=O)c4cc(-c5ccc6c(c5)NC(=O)c5cc(-c7ccc8c(c7)NC(=O)c7ccccc7C8N7CCN(c8ccc(C(=O)NC(C)CC(C)C)cc8C#N)CC7)ccc5C6N5CCN(c6ccc(C(=O)NC(C)(C)C)cc6C#N)CC5)ccc43)CC2)c(C#N)c1. The Bertz CT molecular complexity index is 5420. The Morgan fingerprint density at radius 3 is 1.23 bits per heavy atom. The molecule has 21 nitrogen and oxygen atoms in total. The molecule has 3 fully saturated rings. The number of nitriles is 3. The van der Waals surface area contributed by atoms with E-state index < -0.39 is 11.6 Å². The molecule has 6 aliphatic rings. The first kappa shape index (κ1) is 75.9. The topological polar surface area (TPSA) is 257 Å². The second-order valence-electron chi connectivity index (χ2n) is 31.7. The van der Waals surface area contributed by atoms with Crippen molar-refractivity contribution in [1.29, 1.82) is 15.8 Å². The number of hydrogen-bond donors (Lipinski definition) is 5. The van der Waals surface area contributed by atoms with Gasteiger partial charge in [0.15, 0.2) is 0 Å². The molecule has 4 unspecified atom stereocenters. The van der Waals surface area contributed by atoms with Gasteiger partial charge in [0.1, 0.15) is 18.2 Å². The van der Waals surface area contributed by atoms with E-state index in [9.17, 15) is 39.8 Å². The van der Waals surface area contributed by atoms with Crippen molar-refractivity contribution < 1.29 is 28.8 Å². The van der Waals surface area contributed by atoms with Crippen LogP contribution in [-0.4, -0.2) is 158 Å². The number of para-hydroxylation sites is 1. The van der Waals surface area contributed by atoms with Crippen molar-refractivity contribution in [3.63, 3.8) is 0 Å². The number of carbonyl (C=O) groups excluding carboxylic acids is 6. The third-order valence-electron chi connectivity index (χ3n) is 23.0. The number of anilines is 6. The van der Waals surface area contributed by atoms with Crippen LogP contribution in [0.25, 0.3) is 22.3 Å². The van der Waals surface area contributed by atoms with E-state index in [4.69, 9.17) is 0 Å². The summed E-state index contributed by atoms with van der Waals surface area (Å²) in [6.45, 7) is 24.0. The number of nitrogens with zero attached hydrogens (tertiary/aromatic N) is 10. The van der Waals surface area contributed by atoms with Crippen LogP contribution in [0.15, 0.2) is 176 Å². The first-order valence-corrected chi connectivity index (χ1v) is 39.3. The van der Waals surface area contributed by atoms with Crippen molar-refractivity contribution in [3.05, 3.63) is 259 Å². The van der Waals surface area contributed by atoms with E-state index in [2.05, 4.69) is 131 Å². The standard InChI is InChI=1S/C92H93N15O6/c1-9-101(10-2)91(113)64-25-32-82(67(48-64)55-95)104-35-41-106(42-36-104)84-69-26-19-58(49-75(69)89(111)97-77-18-14-13-17-72(77)84)61-22-29-74-79(52-61)99-90(112)76-50-59(20-27-70(76)85(74)107-43-37-103(38-44-107)81-31-24-63(47-66(81)54-94)87(109)100-92(6,7)8)60-21-28-73-78(51-60)98-88(110)71-16-12-11-15-68(71)83(73)105-39-33-102(34-40-105)80-30-23-62(46-65(80)53-93)86(108)96-57(5)45-56(3)4/h11-32,46-52,56-57,83-85H,9-10,33-45H2,1-8H3,(H,96,108)(H,97,111)(H,98,110)(H,99,112)(H,100,109). The average molecular weight is 1500 g/mol. The van der Waals surface area contributed by atoms with Crippen LogP contribution in [0.2, 0.25) is 0 Å². The summed E-state index contributed by atoms with van der Waals surface area (Å²) in [6.07, 6.45) is 0.840. The molecule has 0 spiro atoms. The van der Waals surface area contributed by atoms with E-state index in [1.165, 1.54) is 0 Å². The zero-order chi connectivity index (χ0) is 79.1. The molecule has 6 amide bonds. The van der Waals surface area contributed by atoms with Gasteiger partial charge in [-0.05, 0) is 201 Å². The molecule has 113 heavy (non-hydrogen) atoms. The van der Waals surface area contributed by atoms with Crippen LogP contribution in [-0.2, 0) is 0 Å². The van der Waals surface area contributed by atoms with Gasteiger partial charge in [-0.1, -0.05) is 98.8 Å². The van der Waals surface area contributed by atoms with Crippen LogP contribution in [0, 0.1) is 39.9 Å². The Labute approximate surface area is 660 Å². The van der Waals surface area contributed by atoms with Gasteiger partial charge in [0.05, 0.1) is 51.9 Å². The van der Waals surface area contributed by atoms with Gasteiger partial charge in [0.2, 0.25) is 0 Å². The van der Waals surface area contributed by atoms with Gasteiger partial charge in [-0.2, -0.15) is 15.8 Å². The Morgan fingerprint density at radius 1 is 0.434 bits per heavy atom. The lowest BCUT2D eigenvalue weighted by Crippen LogP contribution is -2.48. The highest BCUT2D eigenvalue weighted by atomic mass is 16.2. The predicted octanol–water partition coefficient (Wildman–Crippen LogP) is 14.2. The highest BCUT2D eigenvalue weighted by Gasteiger charge is 2.40. The van der Waals surface area contributed by atoms with E-state index in [1.807, 2.05) is 145 Å². The minimum atomic E-state index is -0.471. The fraction of sp³-hybridized carbons (Fsp3) is 0.315. The van der Waals surface area contributed by atoms with Gasteiger partial charge in [-0.3, -0.25) is 43.5 Å².